The normalized spacial score (nSPS) is 11.7. The molecule has 0 heterocycles. The molecule has 0 spiro atoms. The van der Waals surface area contributed by atoms with Gasteiger partial charge in [0.2, 0.25) is 11.8 Å². The summed E-state index contributed by atoms with van der Waals surface area (Å²) >= 11 is 7.37. The van der Waals surface area contributed by atoms with Gasteiger partial charge < -0.3 is 10.2 Å². The van der Waals surface area contributed by atoms with E-state index in [0.29, 0.717) is 24.5 Å². The van der Waals surface area contributed by atoms with E-state index >= 15 is 0 Å². The maximum absolute atomic E-state index is 13.1. The van der Waals surface area contributed by atoms with Crippen LogP contribution in [0.4, 0.5) is 0 Å². The lowest BCUT2D eigenvalue weighted by Gasteiger charge is -2.30. The fourth-order valence-corrected chi connectivity index (χ4v) is 3.89. The number of hydrogen-bond donors (Lipinski definition) is 1. The number of rotatable bonds is 9. The van der Waals surface area contributed by atoms with Crippen molar-refractivity contribution in [2.24, 2.45) is 0 Å². The van der Waals surface area contributed by atoms with Gasteiger partial charge in [-0.25, -0.2) is 0 Å². The number of carbonyl (C=O) groups excluding carboxylic acids is 2. The number of halogens is 1. The van der Waals surface area contributed by atoms with Gasteiger partial charge >= 0.3 is 0 Å². The third-order valence-corrected chi connectivity index (χ3v) is 5.60. The summed E-state index contributed by atoms with van der Waals surface area (Å²) in [5.41, 5.74) is 2.15. The number of benzene rings is 2. The first-order valence-corrected chi connectivity index (χ1v) is 10.8. The van der Waals surface area contributed by atoms with Gasteiger partial charge in [-0.05, 0) is 50.1 Å². The Hall–Kier alpha value is -1.98. The van der Waals surface area contributed by atoms with Crippen molar-refractivity contribution < 1.29 is 9.59 Å². The Balaban J connectivity index is 2.18. The predicted molar refractivity (Wildman–Crippen MR) is 117 cm³/mol. The molecule has 0 fully saturated rings. The molecule has 0 aliphatic rings. The molecule has 2 rings (SSSR count). The molecule has 0 saturated carbocycles. The van der Waals surface area contributed by atoms with Gasteiger partial charge in [-0.15, -0.1) is 11.8 Å². The van der Waals surface area contributed by atoms with Crippen LogP contribution in [0.1, 0.15) is 31.4 Å². The number of aryl methyl sites for hydroxylation is 1. The molecule has 0 saturated heterocycles. The molecule has 6 heteroatoms. The van der Waals surface area contributed by atoms with Gasteiger partial charge in [0.15, 0.2) is 0 Å². The van der Waals surface area contributed by atoms with Gasteiger partial charge in [-0.2, -0.15) is 0 Å². The summed E-state index contributed by atoms with van der Waals surface area (Å²) in [6.07, 6.45) is 0.564. The molecule has 28 heavy (non-hydrogen) atoms. The first-order valence-electron chi connectivity index (χ1n) is 9.45. The Morgan fingerprint density at radius 2 is 1.86 bits per heavy atom. The van der Waals surface area contributed by atoms with E-state index < -0.39 is 6.04 Å². The van der Waals surface area contributed by atoms with Crippen LogP contribution in [0.25, 0.3) is 0 Å². The van der Waals surface area contributed by atoms with Crippen molar-refractivity contribution in [1.82, 2.24) is 10.2 Å². The minimum atomic E-state index is -0.487. The Morgan fingerprint density at radius 3 is 2.46 bits per heavy atom. The Bertz CT molecular complexity index is 795. The van der Waals surface area contributed by atoms with Crippen LogP contribution in [0.5, 0.6) is 0 Å². The highest BCUT2D eigenvalue weighted by Crippen LogP contribution is 2.22. The number of carbonyl (C=O) groups is 2. The molecule has 150 valence electrons. The van der Waals surface area contributed by atoms with Crippen LogP contribution in [0, 0.1) is 6.92 Å². The van der Waals surface area contributed by atoms with Crippen molar-refractivity contribution in [1.29, 1.82) is 0 Å². The van der Waals surface area contributed by atoms with Gasteiger partial charge in [0.1, 0.15) is 6.04 Å². The summed E-state index contributed by atoms with van der Waals surface area (Å²) in [5, 5.41) is 3.52. The summed E-state index contributed by atoms with van der Waals surface area (Å²) < 4.78 is 0. The Kier molecular flexibility index (Phi) is 8.87. The highest BCUT2D eigenvalue weighted by Gasteiger charge is 2.28. The molecular formula is C22H27ClN2O2S. The average Bonchev–Trinajstić information content (AvgIpc) is 2.67. The Labute approximate surface area is 176 Å². The predicted octanol–water partition coefficient (Wildman–Crippen LogP) is 4.68. The van der Waals surface area contributed by atoms with Crippen LogP contribution in [0.3, 0.4) is 0 Å². The summed E-state index contributed by atoms with van der Waals surface area (Å²) in [7, 11) is 0. The number of amides is 2. The fraction of sp³-hybridized carbons (Fsp3) is 0.364. The number of likely N-dealkylation sites (N-methyl/N-ethyl adjacent to an activating group) is 1. The zero-order chi connectivity index (χ0) is 20.5. The van der Waals surface area contributed by atoms with E-state index in [1.807, 2.05) is 63.2 Å². The smallest absolute Gasteiger partial charge is 0.242 e. The molecule has 1 atom stereocenters. The van der Waals surface area contributed by atoms with E-state index in [9.17, 15) is 9.59 Å². The van der Waals surface area contributed by atoms with Gasteiger partial charge in [0.25, 0.3) is 0 Å². The van der Waals surface area contributed by atoms with Crippen LogP contribution in [-0.2, 0) is 16.1 Å². The van der Waals surface area contributed by atoms with Gasteiger partial charge in [0, 0.05) is 23.0 Å². The first-order chi connectivity index (χ1) is 13.4. The van der Waals surface area contributed by atoms with Crippen LogP contribution in [0.15, 0.2) is 53.4 Å². The maximum atomic E-state index is 13.1. The number of nitrogens with zero attached hydrogens (tertiary/aromatic N) is 1. The molecule has 0 radical (unpaired) electrons. The molecule has 4 nitrogen and oxygen atoms in total. The lowest BCUT2D eigenvalue weighted by atomic mass is 10.1. The Morgan fingerprint density at radius 1 is 1.14 bits per heavy atom. The molecule has 1 unspecified atom stereocenters. The van der Waals surface area contributed by atoms with E-state index in [0.717, 1.165) is 16.0 Å². The largest absolute Gasteiger partial charge is 0.355 e. The lowest BCUT2D eigenvalue weighted by molar-refractivity contribution is -0.139. The van der Waals surface area contributed by atoms with E-state index in [-0.39, 0.29) is 17.6 Å². The molecule has 0 bridgehead atoms. The minimum absolute atomic E-state index is 0.0560. The van der Waals surface area contributed by atoms with Crippen LogP contribution >= 0.6 is 23.4 Å². The number of hydrogen-bond acceptors (Lipinski definition) is 3. The number of nitrogens with one attached hydrogen (secondary N) is 1. The zero-order valence-electron chi connectivity index (χ0n) is 16.6. The second kappa shape index (κ2) is 11.1. The molecular weight excluding hydrogens is 392 g/mol. The van der Waals surface area contributed by atoms with Crippen molar-refractivity contribution in [3.05, 3.63) is 64.7 Å². The van der Waals surface area contributed by atoms with Crippen molar-refractivity contribution in [3.8, 4) is 0 Å². The average molecular weight is 419 g/mol. The highest BCUT2D eigenvalue weighted by atomic mass is 35.5. The molecule has 2 amide bonds. The molecule has 0 aromatic heterocycles. The molecule has 1 N–H and O–H groups in total. The van der Waals surface area contributed by atoms with Crippen molar-refractivity contribution in [2.75, 3.05) is 12.3 Å². The van der Waals surface area contributed by atoms with Crippen LogP contribution in [0.2, 0.25) is 5.02 Å². The molecule has 2 aromatic carbocycles. The summed E-state index contributed by atoms with van der Waals surface area (Å²) in [5.74, 6) is 0.102. The molecule has 0 aliphatic heterocycles. The van der Waals surface area contributed by atoms with Gasteiger partial charge in [-0.3, -0.25) is 9.59 Å². The quantitative estimate of drug-likeness (QED) is 0.601. The van der Waals surface area contributed by atoms with Gasteiger partial charge in [0.05, 0.1) is 5.75 Å². The zero-order valence-corrected chi connectivity index (χ0v) is 18.1. The molecule has 0 aliphatic carbocycles. The molecule has 2 aromatic rings. The van der Waals surface area contributed by atoms with E-state index in [1.54, 1.807) is 4.90 Å². The van der Waals surface area contributed by atoms with E-state index in [1.165, 1.54) is 11.8 Å². The maximum Gasteiger partial charge on any atom is 0.242 e. The summed E-state index contributed by atoms with van der Waals surface area (Å²) in [6.45, 7) is 6.79. The third kappa shape index (κ3) is 6.57. The second-order valence-electron chi connectivity index (χ2n) is 6.57. The summed E-state index contributed by atoms with van der Waals surface area (Å²) in [6, 6.07) is 15.0. The second-order valence-corrected chi connectivity index (χ2v) is 8.06. The monoisotopic (exact) mass is 418 g/mol. The topological polar surface area (TPSA) is 49.4 Å². The van der Waals surface area contributed by atoms with Gasteiger partial charge in [-0.1, -0.05) is 48.4 Å². The van der Waals surface area contributed by atoms with E-state index in [4.69, 9.17) is 11.6 Å². The third-order valence-electron chi connectivity index (χ3n) is 4.35. The highest BCUT2D eigenvalue weighted by molar-refractivity contribution is 8.00. The lowest BCUT2D eigenvalue weighted by Crippen LogP contribution is -2.49. The van der Waals surface area contributed by atoms with Crippen molar-refractivity contribution in [3.63, 3.8) is 0 Å². The van der Waals surface area contributed by atoms with Crippen LogP contribution in [-0.4, -0.2) is 35.1 Å². The van der Waals surface area contributed by atoms with Crippen LogP contribution < -0.4 is 5.32 Å². The fourth-order valence-electron chi connectivity index (χ4n) is 2.98. The van der Waals surface area contributed by atoms with Crippen molar-refractivity contribution in [2.45, 2.75) is 44.7 Å². The number of thioether (sulfide) groups is 1. The SMILES string of the molecule is CCNC(=O)C(CC)N(Cc1cccc(C)c1)C(=O)CSc1ccc(Cl)cc1. The first kappa shape index (κ1) is 22.3. The van der Waals surface area contributed by atoms with Crippen molar-refractivity contribution >= 4 is 35.2 Å². The van der Waals surface area contributed by atoms with E-state index in [2.05, 4.69) is 11.4 Å². The summed E-state index contributed by atoms with van der Waals surface area (Å²) in [4.78, 5) is 28.3. The minimum Gasteiger partial charge on any atom is -0.355 e. The standard InChI is InChI=1S/C22H27ClN2O2S/c1-4-20(22(27)24-5-2)25(14-17-8-6-7-16(3)13-17)21(26)15-28-19-11-9-18(23)10-12-19/h6-13,20H,4-5,14-15H2,1-3H3,(H,24,27).